The molecular weight excluding hydrogens is 351 g/mol. The first-order valence-electron chi connectivity index (χ1n) is 6.94. The van der Waals surface area contributed by atoms with E-state index in [4.69, 9.17) is 16.6 Å². The molecule has 1 N–H and O–H groups in total. The number of hydrogen-bond acceptors (Lipinski definition) is 3. The highest BCUT2D eigenvalue weighted by molar-refractivity contribution is 7.15. The molecule has 6 heteroatoms. The van der Waals surface area contributed by atoms with Gasteiger partial charge in [0.05, 0.1) is 27.7 Å². The number of nitrogens with one attached hydrogen (secondary N) is 1. The zero-order chi connectivity index (χ0) is 15.7. The zero-order valence-corrected chi connectivity index (χ0v) is 15.1. The van der Waals surface area contributed by atoms with Crippen LogP contribution in [0.1, 0.15) is 17.4 Å². The lowest BCUT2D eigenvalue weighted by Gasteiger charge is -2.08. The van der Waals surface area contributed by atoms with Crippen LogP contribution >= 0.6 is 35.3 Å². The number of rotatable bonds is 3. The number of aromatic nitrogens is 1. The Labute approximate surface area is 150 Å². The van der Waals surface area contributed by atoms with Crippen molar-refractivity contribution >= 4 is 52.2 Å². The summed E-state index contributed by atoms with van der Waals surface area (Å²) in [6, 6.07) is 12.0. The molecule has 3 rings (SSSR count). The van der Waals surface area contributed by atoms with Crippen LogP contribution in [-0.4, -0.2) is 10.9 Å². The van der Waals surface area contributed by atoms with Gasteiger partial charge in [-0.2, -0.15) is 0 Å². The summed E-state index contributed by atoms with van der Waals surface area (Å²) in [4.78, 5) is 17.8. The van der Waals surface area contributed by atoms with E-state index in [-0.39, 0.29) is 18.3 Å². The Kier molecular flexibility index (Phi) is 5.63. The van der Waals surface area contributed by atoms with E-state index in [1.165, 1.54) is 6.92 Å². The van der Waals surface area contributed by atoms with Crippen LogP contribution in [0.5, 0.6) is 0 Å². The Morgan fingerprint density at radius 2 is 2.00 bits per heavy atom. The molecule has 0 aliphatic rings. The quantitative estimate of drug-likeness (QED) is 0.709. The Hall–Kier alpha value is -1.62. The Morgan fingerprint density at radius 1 is 1.26 bits per heavy atom. The average molecular weight is 367 g/mol. The average Bonchev–Trinajstić information content (AvgIpc) is 2.97. The second-order valence-electron chi connectivity index (χ2n) is 5.09. The SMILES string of the molecule is CC(=O)NCc1ccc(-c2nc3ccccc3c(C)c2Cl)s1.Cl. The van der Waals surface area contributed by atoms with Crippen molar-refractivity contribution in [1.29, 1.82) is 0 Å². The molecule has 0 aliphatic carbocycles. The molecule has 1 aromatic carbocycles. The van der Waals surface area contributed by atoms with E-state index in [0.29, 0.717) is 11.6 Å². The van der Waals surface area contributed by atoms with Crippen molar-refractivity contribution in [1.82, 2.24) is 10.3 Å². The summed E-state index contributed by atoms with van der Waals surface area (Å²) in [5.41, 5.74) is 2.78. The van der Waals surface area contributed by atoms with Gasteiger partial charge in [-0.25, -0.2) is 4.98 Å². The molecule has 0 saturated carbocycles. The maximum atomic E-state index is 11.0. The molecule has 0 unspecified atom stereocenters. The van der Waals surface area contributed by atoms with Crippen LogP contribution in [0.4, 0.5) is 0 Å². The van der Waals surface area contributed by atoms with E-state index in [1.807, 2.05) is 43.3 Å². The fourth-order valence-electron chi connectivity index (χ4n) is 2.33. The van der Waals surface area contributed by atoms with Crippen LogP contribution in [0.3, 0.4) is 0 Å². The number of pyridine rings is 1. The highest BCUT2D eigenvalue weighted by Crippen LogP contribution is 2.36. The monoisotopic (exact) mass is 366 g/mol. The minimum absolute atomic E-state index is 0. The second-order valence-corrected chi connectivity index (χ2v) is 6.64. The van der Waals surface area contributed by atoms with Crippen LogP contribution in [-0.2, 0) is 11.3 Å². The minimum atomic E-state index is -0.0346. The van der Waals surface area contributed by atoms with Crippen molar-refractivity contribution in [2.24, 2.45) is 0 Å². The molecule has 0 radical (unpaired) electrons. The summed E-state index contributed by atoms with van der Waals surface area (Å²) >= 11 is 8.12. The van der Waals surface area contributed by atoms with Crippen molar-refractivity contribution in [3.05, 3.63) is 51.9 Å². The second kappa shape index (κ2) is 7.30. The van der Waals surface area contributed by atoms with Crippen molar-refractivity contribution in [2.45, 2.75) is 20.4 Å². The van der Waals surface area contributed by atoms with E-state index in [2.05, 4.69) is 5.32 Å². The van der Waals surface area contributed by atoms with Gasteiger partial charge in [-0.3, -0.25) is 4.79 Å². The van der Waals surface area contributed by atoms with E-state index in [1.54, 1.807) is 11.3 Å². The fraction of sp³-hybridized carbons (Fsp3) is 0.176. The van der Waals surface area contributed by atoms with E-state index in [9.17, 15) is 4.79 Å². The third kappa shape index (κ3) is 3.66. The molecule has 3 nitrogen and oxygen atoms in total. The van der Waals surface area contributed by atoms with Crippen LogP contribution in [0.2, 0.25) is 5.02 Å². The minimum Gasteiger partial charge on any atom is -0.351 e. The van der Waals surface area contributed by atoms with Gasteiger partial charge in [0.25, 0.3) is 0 Å². The van der Waals surface area contributed by atoms with Gasteiger partial charge >= 0.3 is 0 Å². The first-order chi connectivity index (χ1) is 10.6. The van der Waals surface area contributed by atoms with Crippen LogP contribution in [0.25, 0.3) is 21.5 Å². The number of fused-ring (bicyclic) bond motifs is 1. The number of aryl methyl sites for hydroxylation is 1. The number of carbonyl (C=O) groups is 1. The summed E-state index contributed by atoms with van der Waals surface area (Å²) in [7, 11) is 0. The predicted octanol–water partition coefficient (Wildman–Crippen LogP) is 4.98. The molecular formula is C17H16Cl2N2OS. The number of carbonyl (C=O) groups excluding carboxylic acids is 1. The predicted molar refractivity (Wildman–Crippen MR) is 99.6 cm³/mol. The molecule has 1 amide bonds. The van der Waals surface area contributed by atoms with E-state index < -0.39 is 0 Å². The van der Waals surface area contributed by atoms with Gasteiger partial charge in [-0.15, -0.1) is 23.7 Å². The van der Waals surface area contributed by atoms with Gasteiger partial charge in [0.15, 0.2) is 0 Å². The van der Waals surface area contributed by atoms with Crippen molar-refractivity contribution in [3.8, 4) is 10.6 Å². The lowest BCUT2D eigenvalue weighted by atomic mass is 10.1. The molecule has 23 heavy (non-hydrogen) atoms. The van der Waals surface area contributed by atoms with Crippen LogP contribution in [0.15, 0.2) is 36.4 Å². The summed E-state index contributed by atoms with van der Waals surface area (Å²) < 4.78 is 0. The van der Waals surface area contributed by atoms with Crippen molar-refractivity contribution in [3.63, 3.8) is 0 Å². The number of nitrogens with zero attached hydrogens (tertiary/aromatic N) is 1. The molecule has 0 fully saturated rings. The van der Waals surface area contributed by atoms with Gasteiger partial charge in [-0.05, 0) is 30.7 Å². The zero-order valence-electron chi connectivity index (χ0n) is 12.7. The molecule has 0 bridgehead atoms. The van der Waals surface area contributed by atoms with E-state index in [0.717, 1.165) is 31.9 Å². The standard InChI is InChI=1S/C17H15ClN2OS.ClH/c1-10-13-5-3-4-6-14(13)20-17(16(10)18)15-8-7-12(22-15)9-19-11(2)21;/h3-8H,9H2,1-2H3,(H,19,21);1H. The highest BCUT2D eigenvalue weighted by atomic mass is 35.5. The Morgan fingerprint density at radius 3 is 2.74 bits per heavy atom. The molecule has 0 aliphatic heterocycles. The maximum absolute atomic E-state index is 11.0. The smallest absolute Gasteiger partial charge is 0.217 e. The summed E-state index contributed by atoms with van der Waals surface area (Å²) in [5, 5.41) is 4.56. The lowest BCUT2D eigenvalue weighted by molar-refractivity contribution is -0.119. The summed E-state index contributed by atoms with van der Waals surface area (Å²) in [6.07, 6.45) is 0. The fourth-order valence-corrected chi connectivity index (χ4v) is 3.57. The van der Waals surface area contributed by atoms with Crippen molar-refractivity contribution < 1.29 is 4.79 Å². The molecule has 0 saturated heterocycles. The largest absolute Gasteiger partial charge is 0.351 e. The number of amides is 1. The summed E-state index contributed by atoms with van der Waals surface area (Å²) in [6.45, 7) is 4.06. The Bertz CT molecular complexity index is 861. The number of benzene rings is 1. The van der Waals surface area contributed by atoms with Crippen LogP contribution < -0.4 is 5.32 Å². The normalized spacial score (nSPS) is 10.4. The maximum Gasteiger partial charge on any atom is 0.217 e. The van der Waals surface area contributed by atoms with Gasteiger partial charge in [-0.1, -0.05) is 29.8 Å². The molecule has 0 atom stereocenters. The molecule has 2 heterocycles. The molecule has 2 aromatic heterocycles. The number of hydrogen-bond donors (Lipinski definition) is 1. The number of thiophene rings is 1. The Balaban J connectivity index is 0.00000192. The first-order valence-corrected chi connectivity index (χ1v) is 8.14. The number of para-hydroxylation sites is 1. The topological polar surface area (TPSA) is 42.0 Å². The molecule has 0 spiro atoms. The summed E-state index contributed by atoms with van der Waals surface area (Å²) in [5.74, 6) is -0.0346. The lowest BCUT2D eigenvalue weighted by Crippen LogP contribution is -2.17. The highest BCUT2D eigenvalue weighted by Gasteiger charge is 2.13. The van der Waals surface area contributed by atoms with Gasteiger partial charge in [0.1, 0.15) is 0 Å². The van der Waals surface area contributed by atoms with Crippen LogP contribution in [0, 0.1) is 6.92 Å². The molecule has 120 valence electrons. The van der Waals surface area contributed by atoms with Gasteiger partial charge in [0.2, 0.25) is 5.91 Å². The molecule has 3 aromatic rings. The number of halogens is 2. The van der Waals surface area contributed by atoms with Gasteiger partial charge < -0.3 is 5.32 Å². The van der Waals surface area contributed by atoms with E-state index >= 15 is 0 Å². The third-order valence-electron chi connectivity index (χ3n) is 3.48. The third-order valence-corrected chi connectivity index (χ3v) is 5.04. The first kappa shape index (κ1) is 17.7. The van der Waals surface area contributed by atoms with Gasteiger partial charge in [0, 0.05) is 17.2 Å². The van der Waals surface area contributed by atoms with Crippen molar-refractivity contribution in [2.75, 3.05) is 0 Å².